The minimum Gasteiger partial charge on any atom is -0.300 e. The zero-order chi connectivity index (χ0) is 19.8. The van der Waals surface area contributed by atoms with Crippen molar-refractivity contribution in [1.82, 2.24) is 15.1 Å². The van der Waals surface area contributed by atoms with Crippen LogP contribution in [-0.4, -0.2) is 58.6 Å². The Morgan fingerprint density at radius 2 is 1.57 bits per heavy atom. The van der Waals surface area contributed by atoms with Crippen LogP contribution in [0.1, 0.15) is 58.5 Å². The predicted molar refractivity (Wildman–Crippen MR) is 99.7 cm³/mol. The molecule has 3 heterocycles. The van der Waals surface area contributed by atoms with E-state index in [0.717, 1.165) is 42.0 Å². The van der Waals surface area contributed by atoms with Crippen LogP contribution in [0.2, 0.25) is 0 Å². The highest BCUT2D eigenvalue weighted by Gasteiger charge is 2.50. The number of amides is 4. The van der Waals surface area contributed by atoms with Gasteiger partial charge in [-0.1, -0.05) is 0 Å². The lowest BCUT2D eigenvalue weighted by Gasteiger charge is -2.50. The van der Waals surface area contributed by atoms with Gasteiger partial charge in [-0.2, -0.15) is 0 Å². The van der Waals surface area contributed by atoms with E-state index in [1.165, 1.54) is 0 Å². The van der Waals surface area contributed by atoms with Crippen LogP contribution in [0.15, 0.2) is 12.1 Å². The third kappa shape index (κ3) is 2.38. The number of imide groups is 2. The number of carbonyl (C=O) groups excluding carboxylic acids is 4. The van der Waals surface area contributed by atoms with Crippen LogP contribution in [0, 0.1) is 5.41 Å². The number of fused-ring (bicyclic) bond motifs is 2. The number of hydrogen-bond acceptors (Lipinski definition) is 5. The molecule has 1 unspecified atom stereocenters. The molecule has 146 valence electrons. The largest absolute Gasteiger partial charge is 0.300 e. The molecular formula is C21H23N3O4. The monoisotopic (exact) mass is 381 g/mol. The van der Waals surface area contributed by atoms with E-state index in [2.05, 4.69) is 24.1 Å². The van der Waals surface area contributed by atoms with Crippen molar-refractivity contribution < 1.29 is 19.2 Å². The molecule has 3 aliphatic heterocycles. The smallest absolute Gasteiger partial charge is 0.262 e. The summed E-state index contributed by atoms with van der Waals surface area (Å²) in [6.07, 6.45) is 2.18. The first-order valence-electron chi connectivity index (χ1n) is 9.89. The number of benzene rings is 1. The van der Waals surface area contributed by atoms with Crippen molar-refractivity contribution in [3.8, 4) is 0 Å². The molecule has 1 atom stereocenters. The molecule has 0 bridgehead atoms. The van der Waals surface area contributed by atoms with Crippen molar-refractivity contribution in [2.75, 3.05) is 13.1 Å². The Morgan fingerprint density at radius 1 is 1.00 bits per heavy atom. The fourth-order valence-corrected chi connectivity index (χ4v) is 5.21. The van der Waals surface area contributed by atoms with Crippen molar-refractivity contribution in [3.63, 3.8) is 0 Å². The average molecular weight is 381 g/mol. The highest BCUT2D eigenvalue weighted by Crippen LogP contribution is 2.46. The van der Waals surface area contributed by atoms with E-state index < -0.39 is 23.8 Å². The second kappa shape index (κ2) is 5.73. The van der Waals surface area contributed by atoms with Gasteiger partial charge in [0, 0.05) is 31.0 Å². The molecule has 1 N–H and O–H groups in total. The van der Waals surface area contributed by atoms with E-state index in [0.29, 0.717) is 17.2 Å². The highest BCUT2D eigenvalue weighted by atomic mass is 16.2. The number of nitrogens with one attached hydrogen (secondary N) is 1. The van der Waals surface area contributed by atoms with Crippen LogP contribution >= 0.6 is 0 Å². The molecule has 28 heavy (non-hydrogen) atoms. The van der Waals surface area contributed by atoms with E-state index in [9.17, 15) is 19.2 Å². The van der Waals surface area contributed by atoms with E-state index in [1.807, 2.05) is 12.1 Å². The summed E-state index contributed by atoms with van der Waals surface area (Å²) < 4.78 is 0. The maximum absolute atomic E-state index is 13.0. The Bertz CT molecular complexity index is 898. The summed E-state index contributed by atoms with van der Waals surface area (Å²) in [7, 11) is 0. The molecule has 1 aliphatic carbocycles. The third-order valence-corrected chi connectivity index (χ3v) is 6.70. The van der Waals surface area contributed by atoms with Gasteiger partial charge in [-0.25, -0.2) is 0 Å². The second-order valence-corrected chi connectivity index (χ2v) is 8.97. The standard InChI is InChI=1S/C21H23N3O4/c1-11(2)23-9-21(10-23)7-12-5-14-15(6-13(12)8-21)20(28)24(19(14)27)16-3-4-17(25)22-18(16)26/h5-6,11,16H,3-4,7-10H2,1-2H3,(H,22,25,26). The molecule has 2 saturated heterocycles. The molecular weight excluding hydrogens is 358 g/mol. The summed E-state index contributed by atoms with van der Waals surface area (Å²) in [5.74, 6) is -1.77. The van der Waals surface area contributed by atoms with Crippen molar-refractivity contribution in [2.24, 2.45) is 5.41 Å². The van der Waals surface area contributed by atoms with E-state index in [4.69, 9.17) is 0 Å². The maximum atomic E-state index is 13.0. The fraction of sp³-hybridized carbons (Fsp3) is 0.524. The van der Waals surface area contributed by atoms with Crippen LogP contribution in [0.5, 0.6) is 0 Å². The summed E-state index contributed by atoms with van der Waals surface area (Å²) in [5.41, 5.74) is 3.31. The molecule has 7 heteroatoms. The fourth-order valence-electron chi connectivity index (χ4n) is 5.21. The minimum atomic E-state index is -0.905. The maximum Gasteiger partial charge on any atom is 0.262 e. The van der Waals surface area contributed by atoms with Gasteiger partial charge >= 0.3 is 0 Å². The van der Waals surface area contributed by atoms with Gasteiger partial charge in [-0.3, -0.25) is 34.3 Å². The van der Waals surface area contributed by atoms with Crippen LogP contribution in [0.25, 0.3) is 0 Å². The average Bonchev–Trinajstić information content (AvgIpc) is 3.09. The number of hydrogen-bond donors (Lipinski definition) is 1. The van der Waals surface area contributed by atoms with Gasteiger partial charge < -0.3 is 0 Å². The zero-order valence-corrected chi connectivity index (χ0v) is 16.1. The first-order chi connectivity index (χ1) is 13.3. The number of nitrogens with zero attached hydrogens (tertiary/aromatic N) is 2. The third-order valence-electron chi connectivity index (χ3n) is 6.70. The van der Waals surface area contributed by atoms with Crippen molar-refractivity contribution in [1.29, 1.82) is 0 Å². The predicted octanol–water partition coefficient (Wildman–Crippen LogP) is 0.897. The van der Waals surface area contributed by atoms with E-state index >= 15 is 0 Å². The van der Waals surface area contributed by atoms with Gasteiger partial charge in [0.25, 0.3) is 11.8 Å². The van der Waals surface area contributed by atoms with Gasteiger partial charge in [0.1, 0.15) is 6.04 Å². The SMILES string of the molecule is CC(C)N1CC2(Cc3cc4c(cc3C2)C(=O)N(C2CCC(=O)NC2=O)C4=O)C1. The van der Waals surface area contributed by atoms with Gasteiger partial charge in [0.15, 0.2) is 0 Å². The topological polar surface area (TPSA) is 86.8 Å². The van der Waals surface area contributed by atoms with Crippen molar-refractivity contribution >= 4 is 23.6 Å². The lowest BCUT2D eigenvalue weighted by molar-refractivity contribution is -0.136. The summed E-state index contributed by atoms with van der Waals surface area (Å²) in [6.45, 7) is 6.50. The van der Waals surface area contributed by atoms with E-state index in [-0.39, 0.29) is 24.2 Å². The van der Waals surface area contributed by atoms with Gasteiger partial charge in [0.05, 0.1) is 11.1 Å². The minimum absolute atomic E-state index is 0.134. The Hall–Kier alpha value is -2.54. The quantitative estimate of drug-likeness (QED) is 0.769. The molecule has 4 amide bonds. The molecule has 4 aliphatic rings. The molecule has 1 aromatic rings. The molecule has 5 rings (SSSR count). The van der Waals surface area contributed by atoms with Crippen molar-refractivity contribution in [3.05, 3.63) is 34.4 Å². The Balaban J connectivity index is 1.41. The summed E-state index contributed by atoms with van der Waals surface area (Å²) in [4.78, 5) is 52.9. The number of carbonyl (C=O) groups is 4. The summed E-state index contributed by atoms with van der Waals surface area (Å²) in [5, 5.41) is 2.23. The lowest BCUT2D eigenvalue weighted by Crippen LogP contribution is -2.59. The molecule has 0 saturated carbocycles. The Morgan fingerprint density at radius 3 is 2.07 bits per heavy atom. The molecule has 2 fully saturated rings. The number of rotatable bonds is 2. The molecule has 1 spiro atoms. The first-order valence-corrected chi connectivity index (χ1v) is 9.89. The molecule has 1 aromatic carbocycles. The van der Waals surface area contributed by atoms with E-state index in [1.54, 1.807) is 0 Å². The van der Waals surface area contributed by atoms with Crippen LogP contribution < -0.4 is 5.32 Å². The first kappa shape index (κ1) is 17.6. The normalized spacial score (nSPS) is 26.0. The summed E-state index contributed by atoms with van der Waals surface area (Å²) >= 11 is 0. The molecule has 0 aromatic heterocycles. The zero-order valence-electron chi connectivity index (χ0n) is 16.1. The van der Waals surface area contributed by atoms with Gasteiger partial charge in [-0.05, 0) is 56.4 Å². The van der Waals surface area contributed by atoms with Crippen LogP contribution in [0.4, 0.5) is 0 Å². The van der Waals surface area contributed by atoms with Gasteiger partial charge in [0.2, 0.25) is 11.8 Å². The summed E-state index contributed by atoms with van der Waals surface area (Å²) in [6, 6.07) is 3.36. The second-order valence-electron chi connectivity index (χ2n) is 8.97. The van der Waals surface area contributed by atoms with Crippen molar-refractivity contribution in [2.45, 2.75) is 51.6 Å². The highest BCUT2D eigenvalue weighted by molar-refractivity contribution is 6.23. The van der Waals surface area contributed by atoms with Crippen LogP contribution in [-0.2, 0) is 22.4 Å². The Labute approximate surface area is 163 Å². The number of piperidine rings is 1. The number of likely N-dealkylation sites (tertiary alicyclic amines) is 1. The molecule has 7 nitrogen and oxygen atoms in total. The molecule has 0 radical (unpaired) electrons. The Kier molecular flexibility index (Phi) is 3.59. The van der Waals surface area contributed by atoms with Crippen LogP contribution in [0.3, 0.4) is 0 Å². The lowest BCUT2D eigenvalue weighted by atomic mass is 9.76. The van der Waals surface area contributed by atoms with Gasteiger partial charge in [-0.15, -0.1) is 0 Å².